The van der Waals surface area contributed by atoms with Crippen molar-refractivity contribution in [3.63, 3.8) is 0 Å². The fourth-order valence-corrected chi connectivity index (χ4v) is 2.93. The number of hydrogen-bond acceptors (Lipinski definition) is 4. The summed E-state index contributed by atoms with van der Waals surface area (Å²) in [6, 6.07) is 0. The van der Waals surface area contributed by atoms with Crippen molar-refractivity contribution in [1.29, 1.82) is 0 Å². The molecule has 6 nitrogen and oxygen atoms in total. The number of hydrogen-bond donors (Lipinski definition) is 4. The lowest BCUT2D eigenvalue weighted by Gasteiger charge is -2.03. The minimum absolute atomic E-state index is 0.294. The van der Waals surface area contributed by atoms with Crippen LogP contribution in [0.25, 0.3) is 0 Å². The van der Waals surface area contributed by atoms with Crippen molar-refractivity contribution in [1.82, 2.24) is 0 Å². The Kier molecular flexibility index (Phi) is 32.0. The zero-order chi connectivity index (χ0) is 25.0. The maximum absolute atomic E-state index is 10.4. The molecular formula is C26H52N2O4. The van der Waals surface area contributed by atoms with Crippen LogP contribution in [-0.2, 0) is 9.59 Å². The van der Waals surface area contributed by atoms with Crippen molar-refractivity contribution in [3.8, 4) is 0 Å². The van der Waals surface area contributed by atoms with Gasteiger partial charge >= 0.3 is 11.9 Å². The number of allylic oxidation sites excluding steroid dienone is 4. The standard InChI is InChI=1S/C22H38O4.2C2H7N/c1-19(13-7-3-5-9-17-21(23)24)15-11-12-16-20(2)14-8-4-6-10-18-22(25)26;2*1-2-3/h15-16H,3-14,17-18H2,1-2H3,(H,23,24)(H,25,26);2*2-3H2,1H3. The summed E-state index contributed by atoms with van der Waals surface area (Å²) in [7, 11) is 0. The van der Waals surface area contributed by atoms with E-state index in [9.17, 15) is 9.59 Å². The topological polar surface area (TPSA) is 127 Å². The molecule has 0 aliphatic heterocycles. The molecule has 32 heavy (non-hydrogen) atoms. The van der Waals surface area contributed by atoms with Crippen LogP contribution in [0, 0.1) is 0 Å². The highest BCUT2D eigenvalue weighted by molar-refractivity contribution is 5.66. The van der Waals surface area contributed by atoms with Gasteiger partial charge in [-0.2, -0.15) is 0 Å². The first kappa shape index (κ1) is 34.9. The molecule has 0 aliphatic carbocycles. The van der Waals surface area contributed by atoms with E-state index >= 15 is 0 Å². The van der Waals surface area contributed by atoms with Crippen molar-refractivity contribution in [3.05, 3.63) is 23.3 Å². The van der Waals surface area contributed by atoms with E-state index in [0.717, 1.165) is 90.1 Å². The van der Waals surface area contributed by atoms with Crippen molar-refractivity contribution in [2.24, 2.45) is 11.5 Å². The molecule has 0 radical (unpaired) electrons. The summed E-state index contributed by atoms with van der Waals surface area (Å²) in [4.78, 5) is 20.8. The average Bonchev–Trinajstić information content (AvgIpc) is 2.71. The van der Waals surface area contributed by atoms with Gasteiger partial charge in [0.15, 0.2) is 0 Å². The van der Waals surface area contributed by atoms with E-state index in [2.05, 4.69) is 26.0 Å². The third kappa shape index (κ3) is 38.9. The van der Waals surface area contributed by atoms with Gasteiger partial charge in [0.05, 0.1) is 0 Å². The normalized spacial score (nSPS) is 11.2. The molecule has 0 unspecified atom stereocenters. The molecule has 0 rings (SSSR count). The molecule has 0 amide bonds. The second-order valence-electron chi connectivity index (χ2n) is 8.11. The highest BCUT2D eigenvalue weighted by atomic mass is 16.4. The van der Waals surface area contributed by atoms with E-state index in [4.69, 9.17) is 21.7 Å². The van der Waals surface area contributed by atoms with Crippen LogP contribution in [0.3, 0.4) is 0 Å². The number of aliphatic carboxylic acids is 2. The van der Waals surface area contributed by atoms with Crippen LogP contribution >= 0.6 is 0 Å². The predicted molar refractivity (Wildman–Crippen MR) is 137 cm³/mol. The molecule has 0 saturated heterocycles. The second-order valence-corrected chi connectivity index (χ2v) is 8.11. The third-order valence-corrected chi connectivity index (χ3v) is 4.58. The Labute approximate surface area is 197 Å². The van der Waals surface area contributed by atoms with Gasteiger partial charge in [0.2, 0.25) is 0 Å². The summed E-state index contributed by atoms with van der Waals surface area (Å²) in [5.74, 6) is -1.38. The summed E-state index contributed by atoms with van der Waals surface area (Å²) in [5.41, 5.74) is 12.6. The van der Waals surface area contributed by atoms with Gasteiger partial charge in [0.25, 0.3) is 0 Å². The minimum atomic E-state index is -0.692. The number of carbonyl (C=O) groups is 2. The van der Waals surface area contributed by atoms with E-state index in [-0.39, 0.29) is 0 Å². The van der Waals surface area contributed by atoms with Crippen LogP contribution in [0.5, 0.6) is 0 Å². The third-order valence-electron chi connectivity index (χ3n) is 4.58. The van der Waals surface area contributed by atoms with Crippen LogP contribution in [0.15, 0.2) is 23.3 Å². The Morgan fingerprint density at radius 1 is 0.594 bits per heavy atom. The second kappa shape index (κ2) is 29.3. The monoisotopic (exact) mass is 456 g/mol. The fraction of sp³-hybridized carbons (Fsp3) is 0.769. The summed E-state index contributed by atoms with van der Waals surface area (Å²) in [5, 5.41) is 17.2. The number of rotatable bonds is 17. The van der Waals surface area contributed by atoms with Crippen LogP contribution in [0.4, 0.5) is 0 Å². The van der Waals surface area contributed by atoms with E-state index in [0.29, 0.717) is 12.8 Å². The van der Waals surface area contributed by atoms with Crippen molar-refractivity contribution >= 4 is 11.9 Å². The highest BCUT2D eigenvalue weighted by Gasteiger charge is 1.98. The van der Waals surface area contributed by atoms with Gasteiger partial charge in [-0.25, -0.2) is 0 Å². The molecule has 0 aliphatic rings. The van der Waals surface area contributed by atoms with Gasteiger partial charge in [0, 0.05) is 12.8 Å². The lowest BCUT2D eigenvalue weighted by Crippen LogP contribution is -1.93. The molecule has 6 N–H and O–H groups in total. The Hall–Kier alpha value is -1.66. The molecule has 6 heteroatoms. The zero-order valence-corrected chi connectivity index (χ0v) is 21.3. The lowest BCUT2D eigenvalue weighted by molar-refractivity contribution is -0.138. The molecular weight excluding hydrogens is 404 g/mol. The van der Waals surface area contributed by atoms with Gasteiger partial charge in [-0.3, -0.25) is 9.59 Å². The van der Waals surface area contributed by atoms with Crippen LogP contribution in [-0.4, -0.2) is 35.2 Å². The Bertz CT molecular complexity index is 444. The maximum Gasteiger partial charge on any atom is 0.303 e. The van der Waals surface area contributed by atoms with Crippen LogP contribution < -0.4 is 11.5 Å². The summed E-state index contributed by atoms with van der Waals surface area (Å²) in [6.07, 6.45) is 17.8. The quantitative estimate of drug-likeness (QED) is 0.147. The summed E-state index contributed by atoms with van der Waals surface area (Å²) >= 11 is 0. The SMILES string of the molecule is CC(=CCCC=C(C)CCCCCCC(=O)O)CCCCCCC(=O)O.CCN.CCN. The first-order valence-electron chi connectivity index (χ1n) is 12.4. The smallest absolute Gasteiger partial charge is 0.303 e. The molecule has 0 bridgehead atoms. The van der Waals surface area contributed by atoms with Gasteiger partial charge in [0.1, 0.15) is 0 Å². The number of carboxylic acid groups (broad SMARTS) is 2. The Morgan fingerprint density at radius 3 is 1.09 bits per heavy atom. The summed E-state index contributed by atoms with van der Waals surface area (Å²) in [6.45, 7) is 9.68. The molecule has 190 valence electrons. The van der Waals surface area contributed by atoms with Crippen molar-refractivity contribution in [2.45, 2.75) is 118 Å². The van der Waals surface area contributed by atoms with Gasteiger partial charge in [-0.1, -0.05) is 62.8 Å². The van der Waals surface area contributed by atoms with Crippen molar-refractivity contribution in [2.75, 3.05) is 13.1 Å². The first-order valence-corrected chi connectivity index (χ1v) is 12.4. The van der Waals surface area contributed by atoms with Gasteiger partial charge < -0.3 is 21.7 Å². The van der Waals surface area contributed by atoms with Crippen molar-refractivity contribution < 1.29 is 19.8 Å². The largest absolute Gasteiger partial charge is 0.481 e. The molecule has 0 aromatic carbocycles. The molecule has 0 fully saturated rings. The first-order chi connectivity index (χ1) is 15.2. The average molecular weight is 457 g/mol. The zero-order valence-electron chi connectivity index (χ0n) is 21.3. The molecule has 0 heterocycles. The van der Waals surface area contributed by atoms with E-state index in [1.54, 1.807) is 0 Å². The lowest BCUT2D eigenvalue weighted by atomic mass is 10.0. The number of carboxylic acids is 2. The van der Waals surface area contributed by atoms with E-state index in [1.807, 2.05) is 13.8 Å². The summed E-state index contributed by atoms with van der Waals surface area (Å²) < 4.78 is 0. The van der Waals surface area contributed by atoms with Gasteiger partial charge in [-0.05, 0) is 78.3 Å². The maximum atomic E-state index is 10.4. The Morgan fingerprint density at radius 2 is 0.844 bits per heavy atom. The van der Waals surface area contributed by atoms with Crippen LogP contribution in [0.2, 0.25) is 0 Å². The molecule has 0 spiro atoms. The number of unbranched alkanes of at least 4 members (excludes halogenated alkanes) is 7. The number of nitrogens with two attached hydrogens (primary N) is 2. The fourth-order valence-electron chi connectivity index (χ4n) is 2.93. The predicted octanol–water partition coefficient (Wildman–Crippen LogP) is 6.44. The highest BCUT2D eigenvalue weighted by Crippen LogP contribution is 2.14. The van der Waals surface area contributed by atoms with Crippen LogP contribution in [0.1, 0.15) is 118 Å². The molecule has 0 aromatic heterocycles. The Balaban J connectivity index is -0.00000125. The van der Waals surface area contributed by atoms with Gasteiger partial charge in [-0.15, -0.1) is 0 Å². The molecule has 0 atom stereocenters. The van der Waals surface area contributed by atoms with E-state index < -0.39 is 11.9 Å². The molecule has 0 aromatic rings. The van der Waals surface area contributed by atoms with E-state index in [1.165, 1.54) is 11.1 Å². The molecule has 0 saturated carbocycles. The minimum Gasteiger partial charge on any atom is -0.481 e.